The van der Waals surface area contributed by atoms with Crippen molar-refractivity contribution in [1.82, 2.24) is 0 Å². The topological polar surface area (TPSA) is 56.5 Å². The Morgan fingerprint density at radius 2 is 1.83 bits per heavy atom. The zero-order chi connectivity index (χ0) is 16.2. The predicted octanol–water partition coefficient (Wildman–Crippen LogP) is 3.70. The number of fused-ring (bicyclic) bond motifs is 1. The minimum Gasteiger partial charge on any atom is -0.496 e. The minimum absolute atomic E-state index is 0.00912. The third-order valence-electron chi connectivity index (χ3n) is 3.46. The van der Waals surface area contributed by atoms with Gasteiger partial charge >= 0.3 is 5.63 Å². The number of carbonyl (C=O) groups excluding carboxylic acids is 1. The fourth-order valence-electron chi connectivity index (χ4n) is 2.29. The first-order valence-corrected chi connectivity index (χ1v) is 7.07. The summed E-state index contributed by atoms with van der Waals surface area (Å²) in [4.78, 5) is 24.3. The molecule has 0 aliphatic rings. The van der Waals surface area contributed by atoms with Crippen molar-refractivity contribution in [1.29, 1.82) is 0 Å². The van der Waals surface area contributed by atoms with E-state index in [-0.39, 0.29) is 5.56 Å². The van der Waals surface area contributed by atoms with Crippen LogP contribution >= 0.6 is 0 Å². The Kier molecular flexibility index (Phi) is 4.06. The van der Waals surface area contributed by atoms with Crippen molar-refractivity contribution in [2.75, 3.05) is 7.11 Å². The molecule has 4 heteroatoms. The molecule has 4 nitrogen and oxygen atoms in total. The van der Waals surface area contributed by atoms with E-state index >= 15 is 0 Å². The number of ketones is 1. The lowest BCUT2D eigenvalue weighted by atomic mass is 10.1. The number of rotatable bonds is 4. The fraction of sp³-hybridized carbons (Fsp3) is 0.0526. The number of allylic oxidation sites excluding steroid dienone is 1. The Morgan fingerprint density at radius 1 is 1.09 bits per heavy atom. The molecule has 0 bridgehead atoms. The molecule has 0 fully saturated rings. The van der Waals surface area contributed by atoms with Gasteiger partial charge in [0.05, 0.1) is 7.11 Å². The van der Waals surface area contributed by atoms with Gasteiger partial charge in [-0.15, -0.1) is 0 Å². The molecule has 3 aromatic rings. The Morgan fingerprint density at radius 3 is 2.65 bits per heavy atom. The van der Waals surface area contributed by atoms with Crippen LogP contribution in [0.15, 0.2) is 69.9 Å². The third-order valence-corrected chi connectivity index (χ3v) is 3.46. The molecule has 0 spiro atoms. The average molecular weight is 306 g/mol. The zero-order valence-electron chi connectivity index (χ0n) is 12.5. The lowest BCUT2D eigenvalue weighted by Crippen LogP contribution is -2.11. The van der Waals surface area contributed by atoms with Crippen molar-refractivity contribution in [2.45, 2.75) is 0 Å². The number of ether oxygens (including phenoxy) is 1. The standard InChI is InChI=1S/C19H14O4/c1-22-17-8-4-2-6-13(17)10-11-16(20)15-12-14-7-3-5-9-18(14)23-19(15)21/h2-12H,1H3/b11-10+. The molecule has 3 rings (SSSR count). The van der Waals surface area contributed by atoms with Gasteiger partial charge in [-0.1, -0.05) is 36.4 Å². The van der Waals surface area contributed by atoms with Crippen molar-refractivity contribution in [3.63, 3.8) is 0 Å². The van der Waals surface area contributed by atoms with Gasteiger partial charge < -0.3 is 9.15 Å². The number of hydrogen-bond donors (Lipinski definition) is 0. The molecule has 0 unspecified atom stereocenters. The molecular formula is C19H14O4. The number of methoxy groups -OCH3 is 1. The van der Waals surface area contributed by atoms with E-state index in [1.807, 2.05) is 24.3 Å². The van der Waals surface area contributed by atoms with Gasteiger partial charge in [0.25, 0.3) is 0 Å². The molecule has 0 aliphatic carbocycles. The second-order valence-electron chi connectivity index (χ2n) is 4.92. The molecule has 1 aromatic heterocycles. The average Bonchev–Trinajstić information content (AvgIpc) is 2.59. The van der Waals surface area contributed by atoms with Crippen LogP contribution < -0.4 is 10.4 Å². The lowest BCUT2D eigenvalue weighted by Gasteiger charge is -2.03. The van der Waals surface area contributed by atoms with E-state index in [0.29, 0.717) is 16.7 Å². The van der Waals surface area contributed by atoms with Gasteiger partial charge in [0.1, 0.15) is 16.9 Å². The van der Waals surface area contributed by atoms with Gasteiger partial charge in [0, 0.05) is 10.9 Å². The van der Waals surface area contributed by atoms with Gasteiger partial charge in [-0.3, -0.25) is 4.79 Å². The minimum atomic E-state index is -0.640. The molecule has 2 aromatic carbocycles. The molecular weight excluding hydrogens is 292 g/mol. The van der Waals surface area contributed by atoms with Crippen LogP contribution in [-0.4, -0.2) is 12.9 Å². The third kappa shape index (κ3) is 3.06. The van der Waals surface area contributed by atoms with Crippen LogP contribution in [0.3, 0.4) is 0 Å². The monoisotopic (exact) mass is 306 g/mol. The number of carbonyl (C=O) groups is 1. The van der Waals surface area contributed by atoms with E-state index in [2.05, 4.69) is 0 Å². The number of hydrogen-bond acceptors (Lipinski definition) is 4. The Hall–Kier alpha value is -3.14. The normalized spacial score (nSPS) is 11.0. The van der Waals surface area contributed by atoms with Crippen LogP contribution in [0.4, 0.5) is 0 Å². The second-order valence-corrected chi connectivity index (χ2v) is 4.92. The van der Waals surface area contributed by atoms with Crippen molar-refractivity contribution < 1.29 is 13.9 Å². The summed E-state index contributed by atoms with van der Waals surface area (Å²) >= 11 is 0. The summed E-state index contributed by atoms with van der Waals surface area (Å²) in [5.41, 5.74) is 0.588. The Balaban J connectivity index is 1.96. The highest BCUT2D eigenvalue weighted by molar-refractivity contribution is 6.07. The molecule has 1 heterocycles. The van der Waals surface area contributed by atoms with Crippen molar-refractivity contribution in [3.8, 4) is 5.75 Å². The van der Waals surface area contributed by atoms with E-state index in [4.69, 9.17) is 9.15 Å². The summed E-state index contributed by atoms with van der Waals surface area (Å²) in [5.74, 6) is 0.248. The Labute approximate surface area is 132 Å². The highest BCUT2D eigenvalue weighted by Gasteiger charge is 2.11. The predicted molar refractivity (Wildman–Crippen MR) is 88.8 cm³/mol. The summed E-state index contributed by atoms with van der Waals surface area (Å²) in [6.07, 6.45) is 2.97. The maximum absolute atomic E-state index is 12.3. The van der Waals surface area contributed by atoms with Crippen LogP contribution in [0.2, 0.25) is 0 Å². The first-order valence-electron chi connectivity index (χ1n) is 7.07. The SMILES string of the molecule is COc1ccccc1/C=C/C(=O)c1cc2ccccc2oc1=O. The smallest absolute Gasteiger partial charge is 0.347 e. The van der Waals surface area contributed by atoms with Crippen LogP contribution in [0.1, 0.15) is 15.9 Å². The molecule has 0 atom stereocenters. The Bertz CT molecular complexity index is 951. The van der Waals surface area contributed by atoms with Gasteiger partial charge in [0.15, 0.2) is 5.78 Å². The maximum atomic E-state index is 12.3. The molecule has 0 radical (unpaired) electrons. The highest BCUT2D eigenvalue weighted by Crippen LogP contribution is 2.19. The molecule has 0 saturated heterocycles. The van der Waals surface area contributed by atoms with E-state index in [9.17, 15) is 9.59 Å². The van der Waals surface area contributed by atoms with Crippen LogP contribution in [0.25, 0.3) is 17.0 Å². The molecule has 0 N–H and O–H groups in total. The van der Waals surface area contributed by atoms with E-state index in [1.165, 1.54) is 6.08 Å². The van der Waals surface area contributed by atoms with E-state index < -0.39 is 11.4 Å². The largest absolute Gasteiger partial charge is 0.496 e. The van der Waals surface area contributed by atoms with Gasteiger partial charge in [-0.2, -0.15) is 0 Å². The van der Waals surface area contributed by atoms with Crippen molar-refractivity contribution in [3.05, 3.63) is 82.2 Å². The fourth-order valence-corrected chi connectivity index (χ4v) is 2.29. The van der Waals surface area contributed by atoms with Crippen molar-refractivity contribution >= 4 is 22.8 Å². The van der Waals surface area contributed by atoms with E-state index in [1.54, 1.807) is 43.5 Å². The van der Waals surface area contributed by atoms with E-state index in [0.717, 1.165) is 5.56 Å². The summed E-state index contributed by atoms with van der Waals surface area (Å²) in [6, 6.07) is 15.9. The zero-order valence-corrected chi connectivity index (χ0v) is 12.5. The van der Waals surface area contributed by atoms with Crippen LogP contribution in [0.5, 0.6) is 5.75 Å². The summed E-state index contributed by atoms with van der Waals surface area (Å²) in [7, 11) is 1.56. The molecule has 0 aliphatic heterocycles. The summed E-state index contributed by atoms with van der Waals surface area (Å²) < 4.78 is 10.4. The molecule has 23 heavy (non-hydrogen) atoms. The van der Waals surface area contributed by atoms with Gasteiger partial charge in [-0.25, -0.2) is 4.79 Å². The van der Waals surface area contributed by atoms with Crippen LogP contribution in [-0.2, 0) is 0 Å². The van der Waals surface area contributed by atoms with Crippen molar-refractivity contribution in [2.24, 2.45) is 0 Å². The molecule has 114 valence electrons. The first kappa shape index (κ1) is 14.8. The quantitative estimate of drug-likeness (QED) is 0.419. The van der Waals surface area contributed by atoms with Crippen LogP contribution in [0, 0.1) is 0 Å². The molecule has 0 amide bonds. The summed E-state index contributed by atoms with van der Waals surface area (Å²) in [5, 5.41) is 0.709. The summed E-state index contributed by atoms with van der Waals surface area (Å²) in [6.45, 7) is 0. The maximum Gasteiger partial charge on any atom is 0.347 e. The first-order chi connectivity index (χ1) is 11.2. The van der Waals surface area contributed by atoms with Gasteiger partial charge in [-0.05, 0) is 30.4 Å². The molecule has 0 saturated carbocycles. The number of para-hydroxylation sites is 2. The lowest BCUT2D eigenvalue weighted by molar-refractivity contribution is 0.104. The van der Waals surface area contributed by atoms with Gasteiger partial charge in [0.2, 0.25) is 0 Å². The highest BCUT2D eigenvalue weighted by atomic mass is 16.5. The second kappa shape index (κ2) is 6.32. The number of benzene rings is 2.